The highest BCUT2D eigenvalue weighted by molar-refractivity contribution is 5.81. The molecular formula is C19H26F3N3O2. The van der Waals surface area contributed by atoms with E-state index < -0.39 is 11.7 Å². The van der Waals surface area contributed by atoms with Crippen molar-refractivity contribution in [3.05, 3.63) is 35.4 Å². The quantitative estimate of drug-likeness (QED) is 0.817. The SMILES string of the molecule is O=C(NCC(c1ccc(C(F)(F)F)cc1)N1CCOCC1)[C@H]1CCCCN1. The molecule has 0 radical (unpaired) electrons. The summed E-state index contributed by atoms with van der Waals surface area (Å²) in [4.78, 5) is 14.6. The Morgan fingerprint density at radius 2 is 1.93 bits per heavy atom. The van der Waals surface area contributed by atoms with Crippen molar-refractivity contribution in [1.29, 1.82) is 0 Å². The van der Waals surface area contributed by atoms with Crippen LogP contribution in [-0.4, -0.2) is 56.2 Å². The van der Waals surface area contributed by atoms with Crippen LogP contribution in [0.3, 0.4) is 0 Å². The molecule has 2 atom stereocenters. The number of nitrogens with zero attached hydrogens (tertiary/aromatic N) is 1. The third kappa shape index (κ3) is 5.43. The molecule has 2 heterocycles. The van der Waals surface area contributed by atoms with E-state index in [0.29, 0.717) is 32.8 Å². The Morgan fingerprint density at radius 1 is 1.22 bits per heavy atom. The van der Waals surface area contributed by atoms with Crippen LogP contribution in [0.15, 0.2) is 24.3 Å². The Bertz CT molecular complexity index is 610. The van der Waals surface area contributed by atoms with Crippen LogP contribution in [0, 0.1) is 0 Å². The minimum absolute atomic E-state index is 0.0418. The molecule has 27 heavy (non-hydrogen) atoms. The second-order valence-corrected chi connectivity index (χ2v) is 7.03. The lowest BCUT2D eigenvalue weighted by Gasteiger charge is -2.35. The molecule has 0 spiro atoms. The van der Waals surface area contributed by atoms with Gasteiger partial charge in [0.2, 0.25) is 5.91 Å². The summed E-state index contributed by atoms with van der Waals surface area (Å²) in [5, 5.41) is 6.20. The van der Waals surface area contributed by atoms with Crippen LogP contribution in [0.2, 0.25) is 0 Å². The number of ether oxygens (including phenoxy) is 1. The van der Waals surface area contributed by atoms with Crippen LogP contribution < -0.4 is 10.6 Å². The molecule has 3 rings (SSSR count). The average molecular weight is 385 g/mol. The Hall–Kier alpha value is -1.64. The molecule has 1 amide bonds. The van der Waals surface area contributed by atoms with Gasteiger partial charge in [0.15, 0.2) is 0 Å². The Labute approximate surface area is 157 Å². The van der Waals surface area contributed by atoms with E-state index in [0.717, 1.165) is 43.5 Å². The number of hydrogen-bond donors (Lipinski definition) is 2. The van der Waals surface area contributed by atoms with E-state index in [1.165, 1.54) is 12.1 Å². The number of morpholine rings is 1. The molecule has 2 aliphatic rings. The summed E-state index contributed by atoms with van der Waals surface area (Å²) in [6.07, 6.45) is -1.44. The van der Waals surface area contributed by atoms with Gasteiger partial charge in [-0.15, -0.1) is 0 Å². The summed E-state index contributed by atoms with van der Waals surface area (Å²) in [5.41, 5.74) is 0.101. The van der Waals surface area contributed by atoms with Crippen molar-refractivity contribution in [2.45, 2.75) is 37.5 Å². The van der Waals surface area contributed by atoms with Gasteiger partial charge in [-0.05, 0) is 37.1 Å². The number of alkyl halides is 3. The number of rotatable bonds is 5. The minimum Gasteiger partial charge on any atom is -0.379 e. The lowest BCUT2D eigenvalue weighted by Crippen LogP contribution is -2.49. The molecule has 8 heteroatoms. The van der Waals surface area contributed by atoms with E-state index in [1.54, 1.807) is 0 Å². The summed E-state index contributed by atoms with van der Waals surface area (Å²) in [5.74, 6) is -0.0418. The third-order valence-electron chi connectivity index (χ3n) is 5.21. The van der Waals surface area contributed by atoms with Crippen molar-refractivity contribution < 1.29 is 22.7 Å². The number of carbonyl (C=O) groups excluding carboxylic acids is 1. The van der Waals surface area contributed by atoms with E-state index in [2.05, 4.69) is 15.5 Å². The van der Waals surface area contributed by atoms with Gasteiger partial charge >= 0.3 is 6.18 Å². The molecule has 150 valence electrons. The van der Waals surface area contributed by atoms with E-state index >= 15 is 0 Å². The summed E-state index contributed by atoms with van der Waals surface area (Å²) < 4.78 is 43.9. The van der Waals surface area contributed by atoms with Gasteiger partial charge in [0, 0.05) is 19.6 Å². The van der Waals surface area contributed by atoms with E-state index in [9.17, 15) is 18.0 Å². The second kappa shape index (κ2) is 9.03. The summed E-state index contributed by atoms with van der Waals surface area (Å²) in [7, 11) is 0. The maximum absolute atomic E-state index is 12.8. The van der Waals surface area contributed by atoms with Crippen LogP contribution >= 0.6 is 0 Å². The van der Waals surface area contributed by atoms with E-state index in [4.69, 9.17) is 4.74 Å². The normalized spacial score (nSPS) is 23.0. The first kappa shape index (κ1) is 20.1. The highest BCUT2D eigenvalue weighted by Crippen LogP contribution is 2.31. The number of amides is 1. The van der Waals surface area contributed by atoms with Gasteiger partial charge in [0.25, 0.3) is 0 Å². The van der Waals surface area contributed by atoms with Gasteiger partial charge in [-0.2, -0.15) is 13.2 Å². The first-order valence-corrected chi connectivity index (χ1v) is 9.45. The molecule has 2 saturated heterocycles. The largest absolute Gasteiger partial charge is 0.416 e. The molecule has 1 aromatic rings. The predicted octanol–water partition coefficient (Wildman–Crippen LogP) is 2.34. The molecular weight excluding hydrogens is 359 g/mol. The van der Waals surface area contributed by atoms with E-state index in [1.807, 2.05) is 0 Å². The van der Waals surface area contributed by atoms with Crippen LogP contribution in [0.25, 0.3) is 0 Å². The third-order valence-corrected chi connectivity index (χ3v) is 5.21. The highest BCUT2D eigenvalue weighted by atomic mass is 19.4. The first-order valence-electron chi connectivity index (χ1n) is 9.45. The van der Waals surface area contributed by atoms with Crippen LogP contribution in [-0.2, 0) is 15.7 Å². The Morgan fingerprint density at radius 3 is 2.52 bits per heavy atom. The molecule has 0 bridgehead atoms. The second-order valence-electron chi connectivity index (χ2n) is 7.03. The fourth-order valence-corrected chi connectivity index (χ4v) is 3.64. The molecule has 1 unspecified atom stereocenters. The van der Waals surface area contributed by atoms with Crippen molar-refractivity contribution in [2.24, 2.45) is 0 Å². The maximum Gasteiger partial charge on any atom is 0.416 e. The van der Waals surface area contributed by atoms with Crippen LogP contribution in [0.4, 0.5) is 13.2 Å². The van der Waals surface area contributed by atoms with Crippen molar-refractivity contribution >= 4 is 5.91 Å². The number of hydrogen-bond acceptors (Lipinski definition) is 4. The molecule has 0 aliphatic carbocycles. The van der Waals surface area contributed by atoms with Gasteiger partial charge in [0.05, 0.1) is 30.9 Å². The molecule has 2 aliphatic heterocycles. The number of nitrogens with one attached hydrogen (secondary N) is 2. The minimum atomic E-state index is -4.35. The molecule has 1 aromatic carbocycles. The fourth-order valence-electron chi connectivity index (χ4n) is 3.64. The molecule has 5 nitrogen and oxygen atoms in total. The van der Waals surface area contributed by atoms with Crippen LogP contribution in [0.1, 0.15) is 36.4 Å². The molecule has 2 fully saturated rings. The van der Waals surface area contributed by atoms with E-state index in [-0.39, 0.29) is 18.0 Å². The molecule has 0 saturated carbocycles. The number of halogens is 3. The lowest BCUT2D eigenvalue weighted by molar-refractivity contribution is -0.137. The van der Waals surface area contributed by atoms with Gasteiger partial charge in [-0.3, -0.25) is 9.69 Å². The maximum atomic E-state index is 12.8. The summed E-state index contributed by atoms with van der Waals surface area (Å²) in [6, 6.07) is 4.86. The molecule has 2 N–H and O–H groups in total. The van der Waals surface area contributed by atoms with Gasteiger partial charge in [-0.1, -0.05) is 18.6 Å². The smallest absolute Gasteiger partial charge is 0.379 e. The summed E-state index contributed by atoms with van der Waals surface area (Å²) >= 11 is 0. The lowest BCUT2D eigenvalue weighted by atomic mass is 10.0. The van der Waals surface area contributed by atoms with Crippen LogP contribution in [0.5, 0.6) is 0 Å². The number of benzene rings is 1. The van der Waals surface area contributed by atoms with Gasteiger partial charge < -0.3 is 15.4 Å². The zero-order chi connectivity index (χ0) is 19.3. The average Bonchev–Trinajstić information content (AvgIpc) is 2.69. The summed E-state index contributed by atoms with van der Waals surface area (Å²) in [6.45, 7) is 3.73. The Kier molecular flexibility index (Phi) is 6.73. The monoisotopic (exact) mass is 385 g/mol. The zero-order valence-corrected chi connectivity index (χ0v) is 15.2. The number of piperidine rings is 1. The Balaban J connectivity index is 1.69. The topological polar surface area (TPSA) is 53.6 Å². The van der Waals surface area contributed by atoms with Crippen molar-refractivity contribution in [3.63, 3.8) is 0 Å². The van der Waals surface area contributed by atoms with Crippen molar-refractivity contribution in [2.75, 3.05) is 39.4 Å². The zero-order valence-electron chi connectivity index (χ0n) is 15.2. The standard InChI is InChI=1S/C19H26F3N3O2/c20-19(21,22)15-6-4-14(5-7-15)17(25-9-11-27-12-10-25)13-24-18(26)16-3-1-2-8-23-16/h4-7,16-17,23H,1-3,8-13H2,(H,24,26)/t16-,17?/m1/s1. The first-order chi connectivity index (χ1) is 12.9. The number of carbonyl (C=O) groups is 1. The molecule has 0 aromatic heterocycles. The van der Waals surface area contributed by atoms with Crippen molar-refractivity contribution in [3.8, 4) is 0 Å². The van der Waals surface area contributed by atoms with Gasteiger partial charge in [0.1, 0.15) is 0 Å². The van der Waals surface area contributed by atoms with Gasteiger partial charge in [-0.25, -0.2) is 0 Å². The fraction of sp³-hybridized carbons (Fsp3) is 0.632. The predicted molar refractivity (Wildman–Crippen MR) is 95.2 cm³/mol. The highest BCUT2D eigenvalue weighted by Gasteiger charge is 2.31. The van der Waals surface area contributed by atoms with Crippen molar-refractivity contribution in [1.82, 2.24) is 15.5 Å².